The van der Waals surface area contributed by atoms with Crippen molar-refractivity contribution in [3.8, 4) is 67.1 Å². The molecule has 2 heterocycles. The van der Waals surface area contributed by atoms with Gasteiger partial charge in [-0.1, -0.05) is 158 Å². The summed E-state index contributed by atoms with van der Waals surface area (Å²) in [7, 11) is 0. The summed E-state index contributed by atoms with van der Waals surface area (Å²) in [5.74, 6) is 1.76. The molecule has 3 aliphatic rings. The lowest BCUT2D eigenvalue weighted by Crippen LogP contribution is -2.25. The Kier molecular flexibility index (Phi) is 5.99. The van der Waals surface area contributed by atoms with E-state index in [1.165, 1.54) is 77.4 Å². The zero-order valence-corrected chi connectivity index (χ0v) is 31.8. The van der Waals surface area contributed by atoms with Gasteiger partial charge in [0, 0.05) is 21.7 Å². The molecule has 0 amide bonds. The molecular formula is C57H32O2. The van der Waals surface area contributed by atoms with E-state index in [0.717, 1.165) is 55.5 Å². The van der Waals surface area contributed by atoms with Crippen LogP contribution >= 0.6 is 0 Å². The van der Waals surface area contributed by atoms with Gasteiger partial charge in [-0.2, -0.15) is 0 Å². The van der Waals surface area contributed by atoms with Crippen molar-refractivity contribution in [3.05, 3.63) is 216 Å². The highest BCUT2D eigenvalue weighted by atomic mass is 16.5. The second-order valence-electron chi connectivity index (χ2n) is 16.2. The molecule has 1 unspecified atom stereocenters. The van der Waals surface area contributed by atoms with Crippen LogP contribution in [0.1, 0.15) is 22.3 Å². The van der Waals surface area contributed by atoms with Crippen LogP contribution in [0, 0.1) is 0 Å². The zero-order chi connectivity index (χ0) is 38.4. The van der Waals surface area contributed by atoms with Gasteiger partial charge in [-0.15, -0.1) is 0 Å². The van der Waals surface area contributed by atoms with E-state index in [9.17, 15) is 0 Å². The third kappa shape index (κ3) is 3.96. The molecule has 2 nitrogen and oxygen atoms in total. The first-order valence-electron chi connectivity index (χ1n) is 20.4. The standard InChI is InChI=1S/C57H32O2/c1-2-12-36-33(11-1)23-27-49-54(36)42-14-3-6-19-46(42)57(49)47-20-7-4-15-43(47)55-39(18-10-21-48(55)57)37-26-30-53-56-40(37)16-9-17-41(56)45-32-35(25-29-52(45)59-53)34-24-28-51-44(31-34)38-13-5-8-22-50(38)58-51/h1-32H. The summed E-state index contributed by atoms with van der Waals surface area (Å²) in [6, 6.07) is 71.3. The van der Waals surface area contributed by atoms with Crippen LogP contribution in [0.4, 0.5) is 0 Å². The number of hydrogen-bond acceptors (Lipinski definition) is 2. The molecular weight excluding hydrogens is 717 g/mol. The molecule has 272 valence electrons. The van der Waals surface area contributed by atoms with Gasteiger partial charge in [-0.25, -0.2) is 0 Å². The van der Waals surface area contributed by atoms with E-state index >= 15 is 0 Å². The van der Waals surface area contributed by atoms with Crippen molar-refractivity contribution in [2.24, 2.45) is 0 Å². The minimum Gasteiger partial charge on any atom is -0.456 e. The topological polar surface area (TPSA) is 22.4 Å². The van der Waals surface area contributed by atoms with Crippen molar-refractivity contribution in [1.82, 2.24) is 0 Å². The summed E-state index contributed by atoms with van der Waals surface area (Å²) in [6.45, 7) is 0. The predicted molar refractivity (Wildman–Crippen MR) is 241 cm³/mol. The Balaban J connectivity index is 0.982. The summed E-state index contributed by atoms with van der Waals surface area (Å²) in [4.78, 5) is 0. The molecule has 1 spiro atoms. The second-order valence-corrected chi connectivity index (χ2v) is 16.2. The van der Waals surface area contributed by atoms with Crippen LogP contribution < -0.4 is 4.74 Å². The molecule has 2 aliphatic carbocycles. The average molecular weight is 749 g/mol. The third-order valence-electron chi connectivity index (χ3n) is 13.5. The van der Waals surface area contributed by atoms with Crippen molar-refractivity contribution in [2.75, 3.05) is 0 Å². The molecule has 59 heavy (non-hydrogen) atoms. The molecule has 0 saturated carbocycles. The number of fused-ring (bicyclic) bond motifs is 17. The van der Waals surface area contributed by atoms with E-state index in [0.29, 0.717) is 0 Å². The third-order valence-corrected chi connectivity index (χ3v) is 13.5. The molecule has 0 radical (unpaired) electrons. The minimum atomic E-state index is -0.436. The Morgan fingerprint density at radius 2 is 0.949 bits per heavy atom. The second kappa shape index (κ2) is 11.2. The highest BCUT2D eigenvalue weighted by molar-refractivity contribution is 6.14. The summed E-state index contributed by atoms with van der Waals surface area (Å²) in [5.41, 5.74) is 19.1. The lowest BCUT2D eigenvalue weighted by molar-refractivity contribution is 0.487. The van der Waals surface area contributed by atoms with Crippen LogP contribution in [0.15, 0.2) is 199 Å². The average Bonchev–Trinajstić information content (AvgIpc) is 3.93. The van der Waals surface area contributed by atoms with Crippen LogP contribution in [-0.4, -0.2) is 0 Å². The molecule has 0 fully saturated rings. The molecule has 0 bridgehead atoms. The molecule has 2 heteroatoms. The van der Waals surface area contributed by atoms with Gasteiger partial charge in [-0.05, 0) is 125 Å². The first-order valence-corrected chi connectivity index (χ1v) is 20.4. The quantitative estimate of drug-likeness (QED) is 0.176. The van der Waals surface area contributed by atoms with Gasteiger partial charge in [0.2, 0.25) is 0 Å². The summed E-state index contributed by atoms with van der Waals surface area (Å²) in [5, 5.41) is 7.16. The predicted octanol–water partition coefficient (Wildman–Crippen LogP) is 15.3. The lowest BCUT2D eigenvalue weighted by atomic mass is 9.70. The Morgan fingerprint density at radius 1 is 0.322 bits per heavy atom. The van der Waals surface area contributed by atoms with E-state index in [1.54, 1.807) is 0 Å². The molecule has 1 atom stereocenters. The van der Waals surface area contributed by atoms with Crippen molar-refractivity contribution < 1.29 is 9.15 Å². The van der Waals surface area contributed by atoms with E-state index < -0.39 is 5.41 Å². The maximum Gasteiger partial charge on any atom is 0.135 e. The lowest BCUT2D eigenvalue weighted by Gasteiger charge is -2.30. The van der Waals surface area contributed by atoms with E-state index in [2.05, 4.69) is 182 Å². The van der Waals surface area contributed by atoms with E-state index in [1.807, 2.05) is 12.1 Å². The van der Waals surface area contributed by atoms with Crippen LogP contribution in [0.2, 0.25) is 0 Å². The van der Waals surface area contributed by atoms with Gasteiger partial charge in [0.25, 0.3) is 0 Å². The molecule has 11 aromatic rings. The number of furan rings is 1. The fraction of sp³-hybridized carbons (Fsp3) is 0.0175. The van der Waals surface area contributed by atoms with Crippen molar-refractivity contribution in [1.29, 1.82) is 0 Å². The normalized spacial score (nSPS) is 15.3. The maximum absolute atomic E-state index is 6.77. The largest absolute Gasteiger partial charge is 0.456 e. The SMILES string of the molecule is c1ccc2c(c1)-c1c(-c3ccc4c5c(cccc35)-c3cc(-c5ccc6oc7ccccc7c6c5)ccc3O4)cccc1C21c2ccccc2-c2c1ccc1ccccc21. The Morgan fingerprint density at radius 3 is 1.85 bits per heavy atom. The van der Waals surface area contributed by atoms with Crippen LogP contribution in [0.5, 0.6) is 11.5 Å². The van der Waals surface area contributed by atoms with Gasteiger partial charge in [0.05, 0.1) is 5.41 Å². The van der Waals surface area contributed by atoms with Crippen LogP contribution in [0.3, 0.4) is 0 Å². The summed E-state index contributed by atoms with van der Waals surface area (Å²) in [6.07, 6.45) is 0. The molecule has 10 aromatic carbocycles. The van der Waals surface area contributed by atoms with Gasteiger partial charge in [0.1, 0.15) is 22.7 Å². The molecule has 0 saturated heterocycles. The molecule has 14 rings (SSSR count). The van der Waals surface area contributed by atoms with Gasteiger partial charge in [0.15, 0.2) is 0 Å². The molecule has 1 aromatic heterocycles. The molecule has 0 N–H and O–H groups in total. The number of para-hydroxylation sites is 1. The Bertz CT molecular complexity index is 3660. The van der Waals surface area contributed by atoms with E-state index in [-0.39, 0.29) is 0 Å². The fourth-order valence-corrected chi connectivity index (χ4v) is 11.1. The van der Waals surface area contributed by atoms with Crippen LogP contribution in [-0.2, 0) is 5.41 Å². The highest BCUT2D eigenvalue weighted by Gasteiger charge is 2.52. The number of hydrogen-bond donors (Lipinski definition) is 0. The van der Waals surface area contributed by atoms with Gasteiger partial charge >= 0.3 is 0 Å². The number of rotatable bonds is 2. The molecule has 1 aliphatic heterocycles. The van der Waals surface area contributed by atoms with Crippen molar-refractivity contribution >= 4 is 43.5 Å². The first kappa shape index (κ1) is 31.4. The van der Waals surface area contributed by atoms with Crippen molar-refractivity contribution in [2.45, 2.75) is 5.41 Å². The summed E-state index contributed by atoms with van der Waals surface area (Å²) >= 11 is 0. The monoisotopic (exact) mass is 748 g/mol. The zero-order valence-electron chi connectivity index (χ0n) is 31.8. The number of ether oxygens (including phenoxy) is 1. The van der Waals surface area contributed by atoms with Gasteiger partial charge < -0.3 is 9.15 Å². The van der Waals surface area contributed by atoms with Gasteiger partial charge in [-0.3, -0.25) is 0 Å². The summed E-state index contributed by atoms with van der Waals surface area (Å²) < 4.78 is 12.9. The Hall–Kier alpha value is -7.68. The van der Waals surface area contributed by atoms with E-state index in [4.69, 9.17) is 9.15 Å². The van der Waals surface area contributed by atoms with Crippen LogP contribution in [0.25, 0.3) is 99.1 Å². The number of benzene rings is 10. The minimum absolute atomic E-state index is 0.436. The van der Waals surface area contributed by atoms with Crippen molar-refractivity contribution in [3.63, 3.8) is 0 Å². The smallest absolute Gasteiger partial charge is 0.135 e. The fourth-order valence-electron chi connectivity index (χ4n) is 11.1. The maximum atomic E-state index is 6.77. The highest BCUT2D eigenvalue weighted by Crippen LogP contribution is 2.65. The first-order chi connectivity index (χ1) is 29.3. The Labute approximate surface area is 340 Å².